The fourth-order valence-corrected chi connectivity index (χ4v) is 6.57. The van der Waals surface area contributed by atoms with Gasteiger partial charge in [0.2, 0.25) is 0 Å². The topological polar surface area (TPSA) is 144 Å². The first kappa shape index (κ1) is 30.0. The summed E-state index contributed by atoms with van der Waals surface area (Å²) in [5.41, 5.74) is 10.3. The van der Waals surface area contributed by atoms with Crippen LogP contribution in [0, 0.1) is 13.8 Å². The Hall–Kier alpha value is -3.93. The summed E-state index contributed by atoms with van der Waals surface area (Å²) in [5.74, 6) is -1.38. The number of aromatic nitrogens is 2. The van der Waals surface area contributed by atoms with Gasteiger partial charge in [-0.25, -0.2) is 17.4 Å². The van der Waals surface area contributed by atoms with Gasteiger partial charge in [-0.3, -0.25) is 9.59 Å². The van der Waals surface area contributed by atoms with E-state index in [9.17, 15) is 23.1 Å². The maximum atomic E-state index is 13.7. The number of hydrogen-bond donors (Lipinski definition) is 3. The number of nitrogens with zero attached hydrogens (tertiary/aromatic N) is 2. The van der Waals surface area contributed by atoms with Crippen molar-refractivity contribution in [1.29, 1.82) is 0 Å². The zero-order chi connectivity index (χ0) is 29.7. The number of aliphatic carboxylic acids is 1. The van der Waals surface area contributed by atoms with Crippen LogP contribution in [0.5, 0.6) is 0 Å². The molecule has 0 saturated carbocycles. The molecule has 0 aliphatic carbocycles. The fraction of sp³-hybridized carbons (Fsp3) is 0.233. The molecular formula is C30H32N4O5S2. The minimum Gasteiger partial charge on any atom is -0.480 e. The molecule has 4 N–H and O–H groups in total. The van der Waals surface area contributed by atoms with Gasteiger partial charge in [-0.2, -0.15) is 11.8 Å². The highest BCUT2D eigenvalue weighted by atomic mass is 32.2. The monoisotopic (exact) mass is 592 g/mol. The number of hydrogen-bond acceptors (Lipinski definition) is 8. The molecule has 0 fully saturated rings. The highest BCUT2D eigenvalue weighted by molar-refractivity contribution is 8.00. The zero-order valence-corrected chi connectivity index (χ0v) is 24.6. The van der Waals surface area contributed by atoms with Gasteiger partial charge < -0.3 is 16.2 Å². The maximum absolute atomic E-state index is 13.7. The number of thioether (sulfide) groups is 1. The number of carbonyl (C=O) groups excluding carboxylic acids is 1. The molecule has 0 aliphatic heterocycles. The number of anilines is 1. The lowest BCUT2D eigenvalue weighted by molar-refractivity contribution is -0.138. The largest absolute Gasteiger partial charge is 0.480 e. The van der Waals surface area contributed by atoms with Crippen LogP contribution in [0.3, 0.4) is 0 Å². The molecule has 41 heavy (non-hydrogen) atoms. The Balaban J connectivity index is 1.67. The molecule has 0 saturated heterocycles. The highest BCUT2D eigenvalue weighted by Crippen LogP contribution is 2.34. The summed E-state index contributed by atoms with van der Waals surface area (Å²) in [4.78, 5) is 29.6. The van der Waals surface area contributed by atoms with Gasteiger partial charge in [-0.1, -0.05) is 60.2 Å². The summed E-state index contributed by atoms with van der Waals surface area (Å²) in [6.07, 6.45) is 3.05. The molecular weight excluding hydrogens is 560 g/mol. The highest BCUT2D eigenvalue weighted by Gasteiger charge is 2.28. The van der Waals surface area contributed by atoms with Gasteiger partial charge in [0, 0.05) is 16.8 Å². The average Bonchev–Trinajstić information content (AvgIpc) is 3.35. The molecule has 9 nitrogen and oxygen atoms in total. The van der Waals surface area contributed by atoms with Crippen molar-refractivity contribution in [2.24, 2.45) is 5.73 Å². The third kappa shape index (κ3) is 6.53. The number of rotatable bonds is 12. The van der Waals surface area contributed by atoms with E-state index in [-0.39, 0.29) is 23.6 Å². The third-order valence-electron chi connectivity index (χ3n) is 6.85. The van der Waals surface area contributed by atoms with Crippen LogP contribution < -0.4 is 11.1 Å². The Bertz CT molecular complexity index is 1650. The molecule has 1 heterocycles. The molecule has 0 bridgehead atoms. The quantitative estimate of drug-likeness (QED) is 0.199. The number of carboxylic acids is 1. The van der Waals surface area contributed by atoms with Crippen LogP contribution in [-0.2, 0) is 21.4 Å². The van der Waals surface area contributed by atoms with Crippen LogP contribution in [0.1, 0.15) is 33.7 Å². The van der Waals surface area contributed by atoms with Gasteiger partial charge in [0.1, 0.15) is 12.4 Å². The third-order valence-corrected chi connectivity index (χ3v) is 9.57. The van der Waals surface area contributed by atoms with E-state index in [1.165, 1.54) is 22.1 Å². The molecule has 0 aliphatic rings. The minimum atomic E-state index is -3.82. The molecule has 0 spiro atoms. The summed E-state index contributed by atoms with van der Waals surface area (Å²) < 4.78 is 27.6. The Labute approximate surface area is 243 Å². The SMILES string of the molecule is CSC(C[C@H](N)C(=O)O)C(=O)c1cccc(NCc2ncn(S(=O)(=O)c3ccc(C)cc3)c2C)c1-c1ccccc1. The summed E-state index contributed by atoms with van der Waals surface area (Å²) >= 11 is 1.26. The van der Waals surface area contributed by atoms with E-state index < -0.39 is 27.3 Å². The van der Waals surface area contributed by atoms with Crippen LogP contribution in [0.25, 0.3) is 11.1 Å². The average molecular weight is 593 g/mol. The second kappa shape index (κ2) is 12.7. The van der Waals surface area contributed by atoms with Crippen molar-refractivity contribution in [3.05, 3.63) is 102 Å². The van der Waals surface area contributed by atoms with E-state index in [0.29, 0.717) is 28.2 Å². The normalized spacial score (nSPS) is 13.0. The summed E-state index contributed by atoms with van der Waals surface area (Å²) in [5, 5.41) is 12.0. The second-order valence-electron chi connectivity index (χ2n) is 9.61. The minimum absolute atomic E-state index is 0.00664. The first-order valence-corrected chi connectivity index (χ1v) is 15.6. The van der Waals surface area contributed by atoms with Gasteiger partial charge in [0.15, 0.2) is 5.78 Å². The standard InChI is InChI=1S/C30H32N4O5S2/c1-19-12-14-22(15-13-19)41(38,39)34-18-33-26(20(34)2)17-32-25-11-7-10-23(28(25)21-8-5-4-6-9-21)29(35)27(40-3)16-24(31)30(36)37/h4-15,18,24,27,32H,16-17,31H2,1-3H3,(H,36,37)/t24-,27?/m0/s1. The maximum Gasteiger partial charge on any atom is 0.320 e. The van der Waals surface area contributed by atoms with E-state index >= 15 is 0 Å². The van der Waals surface area contributed by atoms with Crippen LogP contribution in [0.15, 0.2) is 84.0 Å². The Morgan fingerprint density at radius 2 is 1.71 bits per heavy atom. The fourth-order valence-electron chi connectivity index (χ4n) is 4.48. The van der Waals surface area contributed by atoms with E-state index in [0.717, 1.165) is 11.1 Å². The second-order valence-corrected chi connectivity index (χ2v) is 12.5. The number of benzene rings is 3. The van der Waals surface area contributed by atoms with Crippen molar-refractivity contribution in [1.82, 2.24) is 8.96 Å². The van der Waals surface area contributed by atoms with Gasteiger partial charge in [0.25, 0.3) is 10.0 Å². The molecule has 4 rings (SSSR count). The first-order valence-electron chi connectivity index (χ1n) is 12.9. The summed E-state index contributed by atoms with van der Waals surface area (Å²) in [6.45, 7) is 3.79. The van der Waals surface area contributed by atoms with Crippen molar-refractivity contribution in [2.75, 3.05) is 11.6 Å². The molecule has 2 atom stereocenters. The molecule has 1 unspecified atom stereocenters. The molecule has 3 aromatic carbocycles. The number of carbonyl (C=O) groups is 2. The van der Waals surface area contributed by atoms with Crippen molar-refractivity contribution in [3.63, 3.8) is 0 Å². The van der Waals surface area contributed by atoms with Crippen molar-refractivity contribution < 1.29 is 23.1 Å². The number of aryl methyl sites for hydroxylation is 1. The van der Waals surface area contributed by atoms with Gasteiger partial charge in [-0.05, 0) is 50.3 Å². The zero-order valence-electron chi connectivity index (χ0n) is 22.9. The first-order chi connectivity index (χ1) is 19.5. The molecule has 4 aromatic rings. The number of imidazole rings is 1. The van der Waals surface area contributed by atoms with Crippen LogP contribution in [0.4, 0.5) is 5.69 Å². The predicted molar refractivity (Wildman–Crippen MR) is 162 cm³/mol. The molecule has 214 valence electrons. The Morgan fingerprint density at radius 1 is 1.02 bits per heavy atom. The van der Waals surface area contributed by atoms with E-state index in [2.05, 4.69) is 10.3 Å². The van der Waals surface area contributed by atoms with Gasteiger partial charge >= 0.3 is 5.97 Å². The van der Waals surface area contributed by atoms with Crippen LogP contribution in [-0.4, -0.2) is 51.8 Å². The van der Waals surface area contributed by atoms with Gasteiger partial charge in [-0.15, -0.1) is 0 Å². The lowest BCUT2D eigenvalue weighted by Gasteiger charge is -2.20. The Morgan fingerprint density at radius 3 is 2.34 bits per heavy atom. The molecule has 11 heteroatoms. The lowest BCUT2D eigenvalue weighted by atomic mass is 9.92. The van der Waals surface area contributed by atoms with Crippen molar-refractivity contribution in [3.8, 4) is 11.1 Å². The predicted octanol–water partition coefficient (Wildman–Crippen LogP) is 4.73. The van der Waals surface area contributed by atoms with E-state index in [1.54, 1.807) is 49.6 Å². The van der Waals surface area contributed by atoms with Crippen LogP contribution >= 0.6 is 11.8 Å². The smallest absolute Gasteiger partial charge is 0.320 e. The van der Waals surface area contributed by atoms with E-state index in [1.807, 2.05) is 43.3 Å². The number of nitrogens with two attached hydrogens (primary N) is 1. The van der Waals surface area contributed by atoms with Crippen molar-refractivity contribution >= 4 is 39.2 Å². The number of ketones is 1. The number of carboxylic acid groups (broad SMARTS) is 1. The Kier molecular flexibility index (Phi) is 9.31. The summed E-state index contributed by atoms with van der Waals surface area (Å²) in [7, 11) is -3.82. The molecule has 1 aromatic heterocycles. The van der Waals surface area contributed by atoms with Gasteiger partial charge in [0.05, 0.1) is 28.1 Å². The number of Topliss-reactive ketones (excluding diaryl/α,β-unsaturated/α-hetero) is 1. The molecule has 0 radical (unpaired) electrons. The lowest BCUT2D eigenvalue weighted by Crippen LogP contribution is -2.35. The van der Waals surface area contributed by atoms with E-state index in [4.69, 9.17) is 5.73 Å². The van der Waals surface area contributed by atoms with Crippen molar-refractivity contribution in [2.45, 2.75) is 43.0 Å². The van der Waals surface area contributed by atoms with Crippen LogP contribution in [0.2, 0.25) is 0 Å². The molecule has 0 amide bonds. The summed E-state index contributed by atoms with van der Waals surface area (Å²) in [6, 6.07) is 20.2. The number of nitrogens with one attached hydrogen (secondary N) is 1.